The molecule has 0 aliphatic carbocycles. The van der Waals surface area contributed by atoms with Crippen LogP contribution in [0, 0.1) is 5.92 Å². The van der Waals surface area contributed by atoms with Gasteiger partial charge in [0.15, 0.2) is 12.6 Å². The topological polar surface area (TPSA) is 78.9 Å². The normalized spacial score (nSPS) is 15.9. The van der Waals surface area contributed by atoms with Crippen LogP contribution in [-0.4, -0.2) is 61.2 Å². The van der Waals surface area contributed by atoms with E-state index in [1.807, 2.05) is 6.92 Å². The minimum Gasteiger partial charge on any atom is -0.468 e. The number of halogens is 3. The van der Waals surface area contributed by atoms with Crippen molar-refractivity contribution in [1.82, 2.24) is 20.5 Å². The van der Waals surface area contributed by atoms with Gasteiger partial charge in [-0.05, 0) is 31.7 Å². The standard InChI is InChI=1S/C19H28F3N5O2/c1-3-24-18(27-9-6-14(7-10-27)11-16(28)23-2)26-12-15-5-4-8-25-17(15)29-13-19(20,21)22/h4-5,8,14H,3,6-7,9-13H2,1-2H3,(H,23,28)(H,24,26). The molecule has 1 amide bonds. The van der Waals surface area contributed by atoms with E-state index in [1.165, 1.54) is 6.20 Å². The van der Waals surface area contributed by atoms with Gasteiger partial charge in [0.1, 0.15) is 0 Å². The number of alkyl halides is 3. The third-order valence-corrected chi connectivity index (χ3v) is 4.62. The molecule has 1 fully saturated rings. The van der Waals surface area contributed by atoms with Crippen LogP contribution < -0.4 is 15.4 Å². The van der Waals surface area contributed by atoms with Gasteiger partial charge in [0.2, 0.25) is 11.8 Å². The van der Waals surface area contributed by atoms with Crippen molar-refractivity contribution in [2.24, 2.45) is 10.9 Å². The number of carbonyl (C=O) groups is 1. The maximum atomic E-state index is 12.4. The van der Waals surface area contributed by atoms with Crippen LogP contribution in [-0.2, 0) is 11.3 Å². The molecule has 0 aromatic carbocycles. The van der Waals surface area contributed by atoms with Crippen LogP contribution in [0.15, 0.2) is 23.3 Å². The van der Waals surface area contributed by atoms with Gasteiger partial charge >= 0.3 is 6.18 Å². The second kappa shape index (κ2) is 10.9. The number of hydrogen-bond donors (Lipinski definition) is 2. The number of likely N-dealkylation sites (tertiary alicyclic amines) is 1. The molecule has 0 atom stereocenters. The van der Waals surface area contributed by atoms with Crippen molar-refractivity contribution in [3.8, 4) is 5.88 Å². The lowest BCUT2D eigenvalue weighted by atomic mass is 9.93. The molecule has 1 aromatic heterocycles. The third kappa shape index (κ3) is 7.78. The summed E-state index contributed by atoms with van der Waals surface area (Å²) in [6, 6.07) is 3.30. The molecule has 29 heavy (non-hydrogen) atoms. The Balaban J connectivity index is 2.00. The first-order valence-corrected chi connectivity index (χ1v) is 9.69. The summed E-state index contributed by atoms with van der Waals surface area (Å²) in [6.07, 6.45) is -0.754. The van der Waals surface area contributed by atoms with Crippen molar-refractivity contribution < 1.29 is 22.7 Å². The molecule has 162 valence electrons. The minimum absolute atomic E-state index is 0.0481. The van der Waals surface area contributed by atoms with E-state index in [-0.39, 0.29) is 18.3 Å². The summed E-state index contributed by atoms with van der Waals surface area (Å²) < 4.78 is 42.1. The Morgan fingerprint density at radius 1 is 1.38 bits per heavy atom. The first-order chi connectivity index (χ1) is 13.8. The molecule has 1 saturated heterocycles. The zero-order valence-electron chi connectivity index (χ0n) is 16.8. The lowest BCUT2D eigenvalue weighted by Crippen LogP contribution is -2.46. The number of guanidine groups is 1. The van der Waals surface area contributed by atoms with Crippen LogP contribution in [0.2, 0.25) is 0 Å². The van der Waals surface area contributed by atoms with Crippen molar-refractivity contribution in [2.75, 3.05) is 33.3 Å². The van der Waals surface area contributed by atoms with Crippen LogP contribution in [0.1, 0.15) is 31.7 Å². The van der Waals surface area contributed by atoms with Crippen LogP contribution in [0.4, 0.5) is 13.2 Å². The molecule has 2 heterocycles. The molecule has 0 saturated carbocycles. The molecule has 1 aliphatic rings. The Bertz CT molecular complexity index is 689. The average molecular weight is 415 g/mol. The molecular weight excluding hydrogens is 387 g/mol. The highest BCUT2D eigenvalue weighted by molar-refractivity contribution is 5.80. The number of nitrogens with one attached hydrogen (secondary N) is 2. The summed E-state index contributed by atoms with van der Waals surface area (Å²) in [5.41, 5.74) is 0.488. The van der Waals surface area contributed by atoms with E-state index in [9.17, 15) is 18.0 Å². The van der Waals surface area contributed by atoms with E-state index in [0.717, 1.165) is 25.9 Å². The summed E-state index contributed by atoms with van der Waals surface area (Å²) in [5.74, 6) is 1.02. The number of amides is 1. The quantitative estimate of drug-likeness (QED) is 0.528. The smallest absolute Gasteiger partial charge is 0.422 e. The number of nitrogens with zero attached hydrogens (tertiary/aromatic N) is 3. The number of rotatable bonds is 7. The summed E-state index contributed by atoms with van der Waals surface area (Å²) >= 11 is 0. The molecule has 0 unspecified atom stereocenters. The van der Waals surface area contributed by atoms with Gasteiger partial charge in [-0.15, -0.1) is 0 Å². The predicted molar refractivity (Wildman–Crippen MR) is 104 cm³/mol. The molecule has 1 aromatic rings. The number of pyridine rings is 1. The maximum Gasteiger partial charge on any atom is 0.422 e. The van der Waals surface area contributed by atoms with E-state index >= 15 is 0 Å². The number of aliphatic imine (C=N–C) groups is 1. The molecule has 2 rings (SSSR count). The van der Waals surface area contributed by atoms with Crippen LogP contribution in [0.5, 0.6) is 5.88 Å². The second-order valence-electron chi connectivity index (χ2n) is 6.85. The molecule has 0 spiro atoms. The van der Waals surface area contributed by atoms with Gasteiger partial charge in [-0.3, -0.25) is 4.79 Å². The number of hydrogen-bond acceptors (Lipinski definition) is 4. The molecule has 0 bridgehead atoms. The van der Waals surface area contributed by atoms with Crippen molar-refractivity contribution in [1.29, 1.82) is 0 Å². The van der Waals surface area contributed by atoms with Gasteiger partial charge in [0.25, 0.3) is 0 Å². The predicted octanol–water partition coefficient (Wildman–Crippen LogP) is 2.34. The molecule has 0 radical (unpaired) electrons. The summed E-state index contributed by atoms with van der Waals surface area (Å²) in [4.78, 5) is 22.1. The van der Waals surface area contributed by atoms with Crippen LogP contribution in [0.3, 0.4) is 0 Å². The van der Waals surface area contributed by atoms with Crippen LogP contribution in [0.25, 0.3) is 0 Å². The largest absolute Gasteiger partial charge is 0.468 e. The van der Waals surface area contributed by atoms with Gasteiger partial charge < -0.3 is 20.3 Å². The number of aromatic nitrogens is 1. The van der Waals surface area contributed by atoms with Gasteiger partial charge in [-0.1, -0.05) is 6.07 Å². The summed E-state index contributed by atoms with van der Waals surface area (Å²) in [6.45, 7) is 2.91. The Labute approximate surface area is 168 Å². The third-order valence-electron chi connectivity index (χ3n) is 4.62. The Morgan fingerprint density at radius 3 is 2.72 bits per heavy atom. The second-order valence-corrected chi connectivity index (χ2v) is 6.85. The van der Waals surface area contributed by atoms with Gasteiger partial charge in [-0.2, -0.15) is 13.2 Å². The van der Waals surface area contributed by atoms with Gasteiger partial charge in [0, 0.05) is 44.9 Å². The Morgan fingerprint density at radius 2 is 2.10 bits per heavy atom. The Kier molecular flexibility index (Phi) is 8.53. The molecule has 7 nitrogen and oxygen atoms in total. The lowest BCUT2D eigenvalue weighted by molar-refractivity contribution is -0.154. The number of piperidine rings is 1. The van der Waals surface area contributed by atoms with E-state index in [0.29, 0.717) is 30.4 Å². The molecular formula is C19H28F3N5O2. The minimum atomic E-state index is -4.42. The highest BCUT2D eigenvalue weighted by Gasteiger charge is 2.29. The van der Waals surface area contributed by atoms with E-state index in [4.69, 9.17) is 4.74 Å². The highest BCUT2D eigenvalue weighted by atomic mass is 19.4. The van der Waals surface area contributed by atoms with Crippen molar-refractivity contribution in [2.45, 2.75) is 38.9 Å². The highest BCUT2D eigenvalue weighted by Crippen LogP contribution is 2.22. The van der Waals surface area contributed by atoms with Crippen molar-refractivity contribution in [3.63, 3.8) is 0 Å². The van der Waals surface area contributed by atoms with E-state index in [1.54, 1.807) is 19.2 Å². The fraction of sp³-hybridized carbons (Fsp3) is 0.632. The number of ether oxygens (including phenoxy) is 1. The van der Waals surface area contributed by atoms with E-state index < -0.39 is 12.8 Å². The van der Waals surface area contributed by atoms with Crippen molar-refractivity contribution >= 4 is 11.9 Å². The monoisotopic (exact) mass is 415 g/mol. The fourth-order valence-corrected chi connectivity index (χ4v) is 3.12. The first-order valence-electron chi connectivity index (χ1n) is 9.69. The average Bonchev–Trinajstić information content (AvgIpc) is 2.70. The fourth-order valence-electron chi connectivity index (χ4n) is 3.12. The summed E-state index contributed by atoms with van der Waals surface area (Å²) in [5, 5.41) is 5.87. The van der Waals surface area contributed by atoms with Gasteiger partial charge in [0.05, 0.1) is 6.54 Å². The Hall–Kier alpha value is -2.52. The van der Waals surface area contributed by atoms with Crippen LogP contribution >= 0.6 is 0 Å². The number of carbonyl (C=O) groups excluding carboxylic acids is 1. The van der Waals surface area contributed by atoms with Gasteiger partial charge in [-0.25, -0.2) is 9.98 Å². The lowest BCUT2D eigenvalue weighted by Gasteiger charge is -2.34. The molecule has 10 heteroatoms. The van der Waals surface area contributed by atoms with Crippen molar-refractivity contribution in [3.05, 3.63) is 23.9 Å². The SMILES string of the molecule is CCNC(=NCc1cccnc1OCC(F)(F)F)N1CCC(CC(=O)NC)CC1. The first kappa shape index (κ1) is 22.8. The molecule has 2 N–H and O–H groups in total. The van der Waals surface area contributed by atoms with E-state index in [2.05, 4.69) is 25.5 Å². The zero-order valence-corrected chi connectivity index (χ0v) is 16.8. The zero-order chi connectivity index (χ0) is 21.3. The maximum absolute atomic E-state index is 12.4. The summed E-state index contributed by atoms with van der Waals surface area (Å²) in [7, 11) is 1.64. The molecule has 1 aliphatic heterocycles.